The molecule has 0 heterocycles. The van der Waals surface area contributed by atoms with Crippen LogP contribution in [0.15, 0.2) is 0 Å². The average Bonchev–Trinajstić information content (AvgIpc) is 1.35. The summed E-state index contributed by atoms with van der Waals surface area (Å²) in [5.41, 5.74) is 0. The van der Waals surface area contributed by atoms with Crippen LogP contribution in [0.2, 0.25) is 0 Å². The fourth-order valence-corrected chi connectivity index (χ4v) is 0. The van der Waals surface area contributed by atoms with Gasteiger partial charge in [0, 0.05) is 5.92 Å². The van der Waals surface area contributed by atoms with Gasteiger partial charge in [0.05, 0.1) is 0 Å². The van der Waals surface area contributed by atoms with Gasteiger partial charge in [-0.25, -0.2) is 4.79 Å². The van der Waals surface area contributed by atoms with Crippen molar-refractivity contribution in [3.05, 3.63) is 0 Å². The van der Waals surface area contributed by atoms with Gasteiger partial charge in [0.15, 0.2) is 0 Å². The molecule has 0 amide bonds. The molecule has 1 N–H and O–H groups in total. The zero-order valence-electron chi connectivity index (χ0n) is 3.36. The summed E-state index contributed by atoms with van der Waals surface area (Å²) in [6.45, 7) is 0. The van der Waals surface area contributed by atoms with Crippen molar-refractivity contribution in [2.24, 2.45) is 0 Å². The van der Waals surface area contributed by atoms with E-state index in [2.05, 4.69) is 0 Å². The first-order valence-electron chi connectivity index (χ1n) is 1.43. The molecule has 0 aromatic carbocycles. The molecule has 0 aromatic rings. The Hall–Kier alpha value is -0.373. The molecule has 0 aliphatic heterocycles. The van der Waals surface area contributed by atoms with Gasteiger partial charge in [-0.05, 0) is 0 Å². The van der Waals surface area contributed by atoms with Gasteiger partial charge in [-0.2, -0.15) is 0 Å². The van der Waals surface area contributed by atoms with Crippen LogP contribution in [0.1, 0.15) is 1.37 Å². The number of carbonyl (C=O) groups is 1. The van der Waals surface area contributed by atoms with E-state index in [9.17, 15) is 4.79 Å². The van der Waals surface area contributed by atoms with Crippen molar-refractivity contribution in [1.29, 1.82) is 0 Å². The van der Waals surface area contributed by atoms with Crippen molar-refractivity contribution in [2.45, 2.75) is 0 Å². The van der Waals surface area contributed by atoms with Crippen LogP contribution >= 0.6 is 0 Å². The van der Waals surface area contributed by atoms with Crippen molar-refractivity contribution in [1.82, 2.24) is 0 Å². The third-order valence-electron chi connectivity index (χ3n) is 0.107. The molecule has 0 aliphatic rings. The maximum atomic E-state index is 9.31. The number of carboxylic acid groups (broad SMARTS) is 1. The summed E-state index contributed by atoms with van der Waals surface area (Å²) in [6.07, 6.45) is 1.47. The fraction of sp³-hybridized carbons (Fsp3) is 0. The summed E-state index contributed by atoms with van der Waals surface area (Å²) >= 11 is 0. The van der Waals surface area contributed by atoms with E-state index in [4.69, 9.17) is 6.48 Å². The van der Waals surface area contributed by atoms with Gasteiger partial charge in [-0.1, -0.05) is 0 Å². The molecule has 6 heavy (non-hydrogen) atoms. The second kappa shape index (κ2) is 4.63. The van der Waals surface area contributed by atoms with Crippen LogP contribution in [0, 0.1) is 12.3 Å². The van der Waals surface area contributed by atoms with Crippen LogP contribution in [0.3, 0.4) is 0 Å². The van der Waals surface area contributed by atoms with E-state index >= 15 is 0 Å². The second-order valence-electron chi connectivity index (χ2n) is 0.430. The minimum absolute atomic E-state index is 0. The van der Waals surface area contributed by atoms with Gasteiger partial charge in [0.25, 0.3) is 0 Å². The van der Waals surface area contributed by atoms with Crippen molar-refractivity contribution in [3.63, 3.8) is 0 Å². The zero-order valence-corrected chi connectivity index (χ0v) is 2.36. The topological polar surface area (TPSA) is 37.3 Å². The summed E-state index contributed by atoms with van der Waals surface area (Å²) < 4.78 is 5.99. The second-order valence-corrected chi connectivity index (χ2v) is 0.430. The molecule has 0 rings (SSSR count). The SMILES string of the molecule is [2H]C#CC(=O)O.[LiH]. The maximum absolute atomic E-state index is 9.31. The molecule has 0 saturated heterocycles. The number of carboxylic acids is 1. The molecule has 0 radical (unpaired) electrons. The molecule has 0 aromatic heterocycles. The summed E-state index contributed by atoms with van der Waals surface area (Å²) in [7, 11) is 0. The molecule has 3 heteroatoms. The summed E-state index contributed by atoms with van der Waals surface area (Å²) in [5.74, 6) is 0.282. The molecular weight excluding hydrogens is 75.0 g/mol. The van der Waals surface area contributed by atoms with Crippen molar-refractivity contribution in [2.75, 3.05) is 0 Å². The Morgan fingerprint density at radius 2 is 2.67 bits per heavy atom. The Morgan fingerprint density at radius 1 is 2.17 bits per heavy atom. The molecule has 0 spiro atoms. The van der Waals surface area contributed by atoms with Crippen LogP contribution in [-0.2, 0) is 4.79 Å². The van der Waals surface area contributed by atoms with Gasteiger partial charge in [0.1, 0.15) is 1.37 Å². The number of hydrogen-bond donors (Lipinski definition) is 1. The molecule has 2 nitrogen and oxygen atoms in total. The quantitative estimate of drug-likeness (QED) is 0.300. The Bertz CT molecular complexity index is 112. The Morgan fingerprint density at radius 3 is 2.67 bits per heavy atom. The van der Waals surface area contributed by atoms with Gasteiger partial charge in [-0.15, -0.1) is 6.40 Å². The number of terminal acetylenes is 1. The van der Waals surface area contributed by atoms with Crippen LogP contribution in [0.25, 0.3) is 0 Å². The molecule has 0 atom stereocenters. The van der Waals surface area contributed by atoms with E-state index in [1.54, 1.807) is 5.92 Å². The molecule has 28 valence electrons. The predicted molar refractivity (Wildman–Crippen MR) is 23.6 cm³/mol. The van der Waals surface area contributed by atoms with Crippen molar-refractivity contribution in [3.8, 4) is 12.3 Å². The Kier molecular flexibility index (Phi) is 4.34. The standard InChI is InChI=1S/C3H2O2.Li.H/c1-2-3(4)5;;/h1H,(H,4,5);;/i1D;;. The molecule has 0 fully saturated rings. The van der Waals surface area contributed by atoms with Crippen LogP contribution in [-0.4, -0.2) is 29.9 Å². The van der Waals surface area contributed by atoms with Crippen LogP contribution in [0.4, 0.5) is 0 Å². The third-order valence-corrected chi connectivity index (χ3v) is 0.107. The zero-order chi connectivity index (χ0) is 4.99. The first-order chi connectivity index (χ1) is 2.77. The van der Waals surface area contributed by atoms with Gasteiger partial charge in [-0.3, -0.25) is 0 Å². The van der Waals surface area contributed by atoms with E-state index in [1.807, 2.05) is 0 Å². The minimum atomic E-state index is -1.26. The van der Waals surface area contributed by atoms with E-state index in [0.717, 1.165) is 0 Å². The molecular formula is C3H3LiO2. The van der Waals surface area contributed by atoms with Gasteiger partial charge in [0.2, 0.25) is 0 Å². The van der Waals surface area contributed by atoms with E-state index < -0.39 is 5.97 Å². The normalized spacial score (nSPS) is 5.67. The summed E-state index contributed by atoms with van der Waals surface area (Å²) in [6, 6.07) is 0. The first-order valence-corrected chi connectivity index (χ1v) is 0.928. The molecule has 0 saturated carbocycles. The molecule has 0 bridgehead atoms. The Labute approximate surface area is 49.1 Å². The molecule has 0 unspecified atom stereocenters. The van der Waals surface area contributed by atoms with Gasteiger partial charge < -0.3 is 5.11 Å². The number of hydrogen-bond acceptors (Lipinski definition) is 1. The van der Waals surface area contributed by atoms with E-state index in [0.29, 0.717) is 0 Å². The Balaban J connectivity index is 0. The van der Waals surface area contributed by atoms with Crippen molar-refractivity contribution >= 4 is 24.8 Å². The monoisotopic (exact) mass is 79.0 g/mol. The van der Waals surface area contributed by atoms with Crippen molar-refractivity contribution < 1.29 is 11.3 Å². The van der Waals surface area contributed by atoms with Crippen LogP contribution < -0.4 is 0 Å². The summed E-state index contributed by atoms with van der Waals surface area (Å²) in [4.78, 5) is 9.31. The fourth-order valence-electron chi connectivity index (χ4n) is 0. The third kappa shape index (κ3) is 9.45. The van der Waals surface area contributed by atoms with E-state index in [-0.39, 0.29) is 18.9 Å². The predicted octanol–water partition coefficient (Wildman–Crippen LogP) is -0.944. The van der Waals surface area contributed by atoms with Crippen LogP contribution in [0.5, 0.6) is 0 Å². The molecule has 0 aliphatic carbocycles. The average molecular weight is 79.0 g/mol. The van der Waals surface area contributed by atoms with E-state index in [1.165, 1.54) is 6.40 Å². The van der Waals surface area contributed by atoms with Gasteiger partial charge >= 0.3 is 24.8 Å². The number of rotatable bonds is 0. The first kappa shape index (κ1) is 5.63. The number of aliphatic carboxylic acids is 1. The summed E-state index contributed by atoms with van der Waals surface area (Å²) in [5, 5.41) is 7.62.